The number of hydrogen-bond donors (Lipinski definition) is 2. The fraction of sp³-hybridized carbons (Fsp3) is 0.280. The molecule has 0 aliphatic carbocycles. The van der Waals surface area contributed by atoms with Gasteiger partial charge in [0.15, 0.2) is 34.5 Å². The van der Waals surface area contributed by atoms with Crippen molar-refractivity contribution in [3.63, 3.8) is 0 Å². The Morgan fingerprint density at radius 1 is 0.514 bits per heavy atom. The maximum absolute atomic E-state index is 5.60. The first kappa shape index (κ1) is 23.8. The second-order valence-electron chi connectivity index (χ2n) is 7.33. The summed E-state index contributed by atoms with van der Waals surface area (Å²) in [4.78, 5) is 0. The molecule has 0 unspecified atom stereocenters. The van der Waals surface area contributed by atoms with Gasteiger partial charge >= 0.3 is 0 Å². The van der Waals surface area contributed by atoms with Gasteiger partial charge in [0.1, 0.15) is 0 Å². The summed E-state index contributed by atoms with van der Waals surface area (Å²) in [6.07, 6.45) is 0. The first-order chi connectivity index (χ1) is 17.0. The molecule has 0 saturated heterocycles. The van der Waals surface area contributed by atoms with E-state index in [2.05, 4.69) is 10.6 Å². The van der Waals surface area contributed by atoms with Crippen LogP contribution in [0.25, 0.3) is 0 Å². The summed E-state index contributed by atoms with van der Waals surface area (Å²) in [6.45, 7) is 0.145. The van der Waals surface area contributed by atoms with Gasteiger partial charge in [-0.2, -0.15) is 0 Å². The summed E-state index contributed by atoms with van der Waals surface area (Å²) in [5.41, 5.74) is 2.87. The van der Waals surface area contributed by atoms with Crippen LogP contribution in [0, 0.1) is 0 Å². The Hall–Kier alpha value is -4.34. The van der Waals surface area contributed by atoms with Crippen LogP contribution < -0.4 is 48.5 Å². The highest BCUT2D eigenvalue weighted by Gasteiger charge is 2.20. The van der Waals surface area contributed by atoms with E-state index in [9.17, 15) is 0 Å². The fourth-order valence-corrected chi connectivity index (χ4v) is 3.77. The Kier molecular flexibility index (Phi) is 7.00. The van der Waals surface area contributed by atoms with Gasteiger partial charge in [-0.25, -0.2) is 0 Å². The minimum absolute atomic E-state index is 0.145. The molecule has 186 valence electrons. The van der Waals surface area contributed by atoms with E-state index in [1.165, 1.54) is 0 Å². The SMILES string of the molecule is COc1cc(Nc2cc3c(cc2Nc2cc(OC)c(OC)c(OC)c2)OCO3)cc(OC)c1OC. The van der Waals surface area contributed by atoms with Gasteiger partial charge in [-0.05, 0) is 0 Å². The minimum atomic E-state index is 0.145. The largest absolute Gasteiger partial charge is 0.493 e. The van der Waals surface area contributed by atoms with Crippen molar-refractivity contribution in [2.24, 2.45) is 0 Å². The standard InChI is InChI=1S/C25H28N2O8/c1-28-20-7-14(8-21(29-2)24(20)32-5)26-16-11-18-19(35-13-34-18)12-17(16)27-15-9-22(30-3)25(33-6)23(10-15)31-4/h7-12,26-27H,13H2,1-6H3. The number of methoxy groups -OCH3 is 6. The minimum Gasteiger partial charge on any atom is -0.493 e. The molecule has 0 amide bonds. The smallest absolute Gasteiger partial charge is 0.231 e. The van der Waals surface area contributed by atoms with Gasteiger partial charge in [0.2, 0.25) is 18.3 Å². The molecule has 0 saturated carbocycles. The summed E-state index contributed by atoms with van der Waals surface area (Å²) >= 11 is 0. The fourth-order valence-electron chi connectivity index (χ4n) is 3.77. The maximum atomic E-state index is 5.60. The van der Waals surface area contributed by atoms with Crippen LogP contribution in [0.1, 0.15) is 0 Å². The van der Waals surface area contributed by atoms with Crippen LogP contribution in [0.3, 0.4) is 0 Å². The third-order valence-electron chi connectivity index (χ3n) is 5.40. The molecule has 1 aliphatic rings. The van der Waals surface area contributed by atoms with Crippen molar-refractivity contribution < 1.29 is 37.9 Å². The number of hydrogen-bond acceptors (Lipinski definition) is 10. The number of anilines is 4. The normalized spacial score (nSPS) is 11.5. The molecule has 3 aromatic carbocycles. The molecule has 35 heavy (non-hydrogen) atoms. The van der Waals surface area contributed by atoms with Gasteiger partial charge in [-0.1, -0.05) is 0 Å². The van der Waals surface area contributed by atoms with Crippen LogP contribution in [-0.2, 0) is 0 Å². The lowest BCUT2D eigenvalue weighted by molar-refractivity contribution is 0.174. The van der Waals surface area contributed by atoms with Crippen molar-refractivity contribution in [3.05, 3.63) is 36.4 Å². The van der Waals surface area contributed by atoms with Gasteiger partial charge in [0.05, 0.1) is 54.0 Å². The van der Waals surface area contributed by atoms with E-state index in [-0.39, 0.29) is 6.79 Å². The zero-order chi connectivity index (χ0) is 24.9. The van der Waals surface area contributed by atoms with Crippen LogP contribution in [-0.4, -0.2) is 49.5 Å². The number of rotatable bonds is 10. The first-order valence-electron chi connectivity index (χ1n) is 10.6. The molecule has 2 N–H and O–H groups in total. The summed E-state index contributed by atoms with van der Waals surface area (Å²) < 4.78 is 44.0. The monoisotopic (exact) mass is 484 g/mol. The second-order valence-corrected chi connectivity index (χ2v) is 7.33. The second kappa shape index (κ2) is 10.3. The van der Waals surface area contributed by atoms with Crippen molar-refractivity contribution >= 4 is 22.7 Å². The quantitative estimate of drug-likeness (QED) is 0.411. The molecule has 0 atom stereocenters. The predicted octanol–water partition coefficient (Wildman–Crippen LogP) is 4.95. The van der Waals surface area contributed by atoms with E-state index in [1.807, 2.05) is 36.4 Å². The number of ether oxygens (including phenoxy) is 8. The molecule has 0 spiro atoms. The summed E-state index contributed by atoms with van der Waals surface area (Å²) in [6, 6.07) is 11.0. The lowest BCUT2D eigenvalue weighted by Crippen LogP contribution is -2.01. The molecule has 10 nitrogen and oxygen atoms in total. The van der Waals surface area contributed by atoms with Crippen LogP contribution >= 0.6 is 0 Å². The van der Waals surface area contributed by atoms with Gasteiger partial charge < -0.3 is 48.5 Å². The topological polar surface area (TPSA) is 97.9 Å². The lowest BCUT2D eigenvalue weighted by Gasteiger charge is -2.19. The highest BCUT2D eigenvalue weighted by atomic mass is 16.7. The van der Waals surface area contributed by atoms with Gasteiger partial charge in [0, 0.05) is 47.8 Å². The molecule has 0 aromatic heterocycles. The van der Waals surface area contributed by atoms with Crippen molar-refractivity contribution in [1.82, 2.24) is 0 Å². The van der Waals surface area contributed by atoms with Crippen molar-refractivity contribution in [3.8, 4) is 46.0 Å². The first-order valence-corrected chi connectivity index (χ1v) is 10.6. The van der Waals surface area contributed by atoms with Crippen LogP contribution in [0.5, 0.6) is 46.0 Å². The highest BCUT2D eigenvalue weighted by molar-refractivity contribution is 5.83. The van der Waals surface area contributed by atoms with Crippen molar-refractivity contribution in [2.45, 2.75) is 0 Å². The summed E-state index contributed by atoms with van der Waals surface area (Å²) in [5.74, 6) is 4.33. The molecule has 1 heterocycles. The molecule has 4 rings (SSSR count). The van der Waals surface area contributed by atoms with E-state index in [4.69, 9.17) is 37.9 Å². The molecular weight excluding hydrogens is 456 g/mol. The Balaban J connectivity index is 1.76. The van der Waals surface area contributed by atoms with Crippen LogP contribution in [0.4, 0.5) is 22.7 Å². The van der Waals surface area contributed by atoms with Gasteiger partial charge in [-0.15, -0.1) is 0 Å². The Labute approximate surface area is 203 Å². The van der Waals surface area contributed by atoms with E-state index in [0.717, 1.165) is 11.4 Å². The van der Waals surface area contributed by atoms with E-state index in [1.54, 1.807) is 42.7 Å². The highest BCUT2D eigenvalue weighted by Crippen LogP contribution is 2.46. The van der Waals surface area contributed by atoms with Crippen LogP contribution in [0.15, 0.2) is 36.4 Å². The number of nitrogens with one attached hydrogen (secondary N) is 2. The average Bonchev–Trinajstić information content (AvgIpc) is 3.34. The molecule has 1 aliphatic heterocycles. The molecule has 0 fully saturated rings. The van der Waals surface area contributed by atoms with Crippen LogP contribution in [0.2, 0.25) is 0 Å². The zero-order valence-electron chi connectivity index (χ0n) is 20.4. The Bertz CT molecular complexity index is 1070. The maximum Gasteiger partial charge on any atom is 0.231 e. The van der Waals surface area contributed by atoms with Gasteiger partial charge in [-0.3, -0.25) is 0 Å². The van der Waals surface area contributed by atoms with Gasteiger partial charge in [0.25, 0.3) is 0 Å². The van der Waals surface area contributed by atoms with E-state index >= 15 is 0 Å². The van der Waals surface area contributed by atoms with Crippen molar-refractivity contribution in [1.29, 1.82) is 0 Å². The average molecular weight is 485 g/mol. The molecular formula is C25H28N2O8. The molecule has 10 heteroatoms. The Morgan fingerprint density at radius 2 is 0.857 bits per heavy atom. The number of fused-ring (bicyclic) bond motifs is 1. The zero-order valence-corrected chi connectivity index (χ0v) is 20.4. The molecule has 0 bridgehead atoms. The predicted molar refractivity (Wildman–Crippen MR) is 131 cm³/mol. The summed E-state index contributed by atoms with van der Waals surface area (Å²) in [5, 5.41) is 6.80. The van der Waals surface area contributed by atoms with E-state index in [0.29, 0.717) is 57.4 Å². The molecule has 3 aromatic rings. The lowest BCUT2D eigenvalue weighted by atomic mass is 10.2. The van der Waals surface area contributed by atoms with E-state index < -0.39 is 0 Å². The third-order valence-corrected chi connectivity index (χ3v) is 5.40. The molecule has 0 radical (unpaired) electrons. The number of benzene rings is 3. The Morgan fingerprint density at radius 3 is 1.14 bits per heavy atom. The summed E-state index contributed by atoms with van der Waals surface area (Å²) in [7, 11) is 9.39. The third kappa shape index (κ3) is 4.68. The van der Waals surface area contributed by atoms with Crippen molar-refractivity contribution in [2.75, 3.05) is 60.1 Å².